The number of nitrogens with one attached hydrogen (secondary N) is 1. The van der Waals surface area contributed by atoms with E-state index >= 15 is 0 Å². The van der Waals surface area contributed by atoms with E-state index in [1.807, 2.05) is 23.9 Å². The highest BCUT2D eigenvalue weighted by atomic mass is 32.2. The van der Waals surface area contributed by atoms with Gasteiger partial charge in [0.2, 0.25) is 5.91 Å². The van der Waals surface area contributed by atoms with Crippen LogP contribution in [0.1, 0.15) is 54.4 Å². The maximum Gasteiger partial charge on any atom is 0.255 e. The molecule has 1 aromatic rings. The van der Waals surface area contributed by atoms with Gasteiger partial charge < -0.3 is 19.7 Å². The Bertz CT molecular complexity index is 783. The second-order valence-corrected chi connectivity index (χ2v) is 9.55. The van der Waals surface area contributed by atoms with Crippen molar-refractivity contribution in [1.29, 1.82) is 0 Å². The molecule has 2 amide bonds. The number of benzene rings is 1. The van der Waals surface area contributed by atoms with Crippen molar-refractivity contribution in [3.63, 3.8) is 0 Å². The van der Waals surface area contributed by atoms with Gasteiger partial charge in [-0.05, 0) is 55.3 Å². The molecule has 32 heavy (non-hydrogen) atoms. The van der Waals surface area contributed by atoms with Crippen LogP contribution in [0.25, 0.3) is 0 Å². The summed E-state index contributed by atoms with van der Waals surface area (Å²) in [6, 6.07) is 5.39. The molecule has 1 unspecified atom stereocenters. The highest BCUT2D eigenvalue weighted by Gasteiger charge is 2.32. The molecule has 2 aliphatic heterocycles. The van der Waals surface area contributed by atoms with Crippen molar-refractivity contribution < 1.29 is 19.1 Å². The normalized spacial score (nSPS) is 17.3. The number of aldehydes is 1. The predicted molar refractivity (Wildman–Crippen MR) is 126 cm³/mol. The third-order valence-electron chi connectivity index (χ3n) is 6.15. The van der Waals surface area contributed by atoms with Crippen LogP contribution in [0.15, 0.2) is 23.1 Å². The Hall–Kier alpha value is -1.90. The van der Waals surface area contributed by atoms with E-state index in [0.29, 0.717) is 18.5 Å². The van der Waals surface area contributed by atoms with Crippen molar-refractivity contribution >= 4 is 29.9 Å². The molecule has 7 nitrogen and oxygen atoms in total. The first kappa shape index (κ1) is 24.7. The molecule has 0 saturated carbocycles. The van der Waals surface area contributed by atoms with Gasteiger partial charge in [0.1, 0.15) is 6.29 Å². The quantitative estimate of drug-likeness (QED) is 0.276. The van der Waals surface area contributed by atoms with E-state index in [1.54, 1.807) is 11.9 Å². The second-order valence-electron chi connectivity index (χ2n) is 8.38. The van der Waals surface area contributed by atoms with Crippen molar-refractivity contribution in [2.45, 2.75) is 56.0 Å². The summed E-state index contributed by atoms with van der Waals surface area (Å²) in [4.78, 5) is 41.1. The monoisotopic (exact) mass is 461 g/mol. The molecule has 1 atom stereocenters. The number of ether oxygens (including phenoxy) is 1. The van der Waals surface area contributed by atoms with Crippen LogP contribution in [0.4, 0.5) is 0 Å². The minimum absolute atomic E-state index is 0.120. The molecule has 0 aliphatic carbocycles. The van der Waals surface area contributed by atoms with E-state index in [0.717, 1.165) is 43.9 Å². The molecule has 2 aliphatic rings. The summed E-state index contributed by atoms with van der Waals surface area (Å²) in [6.45, 7) is 5.47. The van der Waals surface area contributed by atoms with E-state index in [1.165, 1.54) is 37.1 Å². The van der Waals surface area contributed by atoms with Crippen LogP contribution in [0, 0.1) is 0 Å². The fourth-order valence-electron chi connectivity index (χ4n) is 4.18. The zero-order chi connectivity index (χ0) is 22.8. The lowest BCUT2D eigenvalue weighted by Crippen LogP contribution is -2.37. The molecular weight excluding hydrogens is 426 g/mol. The van der Waals surface area contributed by atoms with Gasteiger partial charge in [-0.3, -0.25) is 14.5 Å². The number of nitrogens with zero attached hydrogens (tertiary/aromatic N) is 2. The standard InChI is InChI=1S/C24H35N3O4S/c1-25-23(29)9-6-20(18-28)27-17-19-16-21(7-8-22(19)24(27)30)32-15-5-3-2-4-10-26-11-13-31-14-12-26/h7-8,16,18,20H,2-6,9-15,17H2,1H3,(H,25,29). The van der Waals surface area contributed by atoms with E-state index in [-0.39, 0.29) is 18.2 Å². The summed E-state index contributed by atoms with van der Waals surface area (Å²) in [5.41, 5.74) is 1.64. The second kappa shape index (κ2) is 13.0. The molecule has 8 heteroatoms. The Balaban J connectivity index is 1.39. The first-order chi connectivity index (χ1) is 15.6. The molecule has 3 rings (SSSR count). The van der Waals surface area contributed by atoms with E-state index in [4.69, 9.17) is 4.74 Å². The van der Waals surface area contributed by atoms with Crippen LogP contribution in [0.5, 0.6) is 0 Å². The summed E-state index contributed by atoms with van der Waals surface area (Å²) >= 11 is 1.83. The Labute approximate surface area is 195 Å². The number of hydrogen-bond acceptors (Lipinski definition) is 6. The van der Waals surface area contributed by atoms with Crippen molar-refractivity contribution in [1.82, 2.24) is 15.1 Å². The average molecular weight is 462 g/mol. The third-order valence-corrected chi connectivity index (χ3v) is 7.23. The van der Waals surface area contributed by atoms with Gasteiger partial charge in [-0.25, -0.2) is 0 Å². The molecule has 2 heterocycles. The number of morpholine rings is 1. The fraction of sp³-hybridized carbons (Fsp3) is 0.625. The zero-order valence-corrected chi connectivity index (χ0v) is 19.8. The van der Waals surface area contributed by atoms with Crippen molar-refractivity contribution in [3.05, 3.63) is 29.3 Å². The Morgan fingerprint density at radius 3 is 2.75 bits per heavy atom. The zero-order valence-electron chi connectivity index (χ0n) is 19.0. The SMILES string of the molecule is CNC(=O)CCC(C=O)N1Cc2cc(SCCCCCCN3CCOCC3)ccc2C1=O. The molecule has 0 spiro atoms. The van der Waals surface area contributed by atoms with Crippen LogP contribution in [-0.4, -0.2) is 79.6 Å². The Morgan fingerprint density at radius 2 is 2.00 bits per heavy atom. The number of unbranched alkanes of at least 4 members (excludes halogenated alkanes) is 3. The number of fused-ring (bicyclic) bond motifs is 1. The van der Waals surface area contributed by atoms with Gasteiger partial charge in [0, 0.05) is 43.6 Å². The minimum atomic E-state index is -0.569. The number of thioether (sulfide) groups is 1. The van der Waals surface area contributed by atoms with Gasteiger partial charge >= 0.3 is 0 Å². The number of carbonyl (C=O) groups is 3. The van der Waals surface area contributed by atoms with E-state index in [9.17, 15) is 14.4 Å². The fourth-order valence-corrected chi connectivity index (χ4v) is 5.16. The molecule has 0 aromatic heterocycles. The molecule has 0 radical (unpaired) electrons. The van der Waals surface area contributed by atoms with Gasteiger partial charge in [-0.15, -0.1) is 11.8 Å². The molecule has 1 fully saturated rings. The lowest BCUT2D eigenvalue weighted by Gasteiger charge is -2.26. The van der Waals surface area contributed by atoms with Gasteiger partial charge in [0.25, 0.3) is 5.91 Å². The lowest BCUT2D eigenvalue weighted by atomic mass is 10.1. The van der Waals surface area contributed by atoms with Crippen molar-refractivity contribution in [3.8, 4) is 0 Å². The third kappa shape index (κ3) is 7.05. The van der Waals surface area contributed by atoms with Gasteiger partial charge in [0.05, 0.1) is 19.3 Å². The molecular formula is C24H35N3O4S. The van der Waals surface area contributed by atoms with Crippen LogP contribution in [0.2, 0.25) is 0 Å². The predicted octanol–water partition coefficient (Wildman–Crippen LogP) is 2.72. The van der Waals surface area contributed by atoms with Crippen LogP contribution >= 0.6 is 11.8 Å². The average Bonchev–Trinajstić information content (AvgIpc) is 3.15. The Kier molecular flexibility index (Phi) is 10.0. The summed E-state index contributed by atoms with van der Waals surface area (Å²) in [5, 5.41) is 2.55. The van der Waals surface area contributed by atoms with Crippen molar-refractivity contribution in [2.75, 3.05) is 45.6 Å². The molecule has 1 N–H and O–H groups in total. The van der Waals surface area contributed by atoms with E-state index in [2.05, 4.69) is 16.3 Å². The van der Waals surface area contributed by atoms with Crippen LogP contribution in [-0.2, 0) is 20.9 Å². The van der Waals surface area contributed by atoms with E-state index < -0.39 is 6.04 Å². The van der Waals surface area contributed by atoms with Crippen LogP contribution < -0.4 is 5.32 Å². The number of carbonyl (C=O) groups excluding carboxylic acids is 3. The summed E-state index contributed by atoms with van der Waals surface area (Å²) < 4.78 is 5.39. The van der Waals surface area contributed by atoms with Gasteiger partial charge in [-0.2, -0.15) is 0 Å². The minimum Gasteiger partial charge on any atom is -0.379 e. The number of rotatable bonds is 13. The lowest BCUT2D eigenvalue weighted by molar-refractivity contribution is -0.121. The molecule has 1 aromatic carbocycles. The maximum absolute atomic E-state index is 12.7. The summed E-state index contributed by atoms with van der Waals surface area (Å²) in [5.74, 6) is 0.823. The van der Waals surface area contributed by atoms with Gasteiger partial charge in [-0.1, -0.05) is 12.8 Å². The Morgan fingerprint density at radius 1 is 1.22 bits per heavy atom. The van der Waals surface area contributed by atoms with Crippen LogP contribution in [0.3, 0.4) is 0 Å². The summed E-state index contributed by atoms with van der Waals surface area (Å²) in [6.07, 6.45) is 6.28. The van der Waals surface area contributed by atoms with Crippen molar-refractivity contribution in [2.24, 2.45) is 0 Å². The largest absolute Gasteiger partial charge is 0.379 e. The van der Waals surface area contributed by atoms with Gasteiger partial charge in [0.15, 0.2) is 0 Å². The molecule has 0 bridgehead atoms. The molecule has 1 saturated heterocycles. The molecule has 176 valence electrons. The summed E-state index contributed by atoms with van der Waals surface area (Å²) in [7, 11) is 1.57. The first-order valence-corrected chi connectivity index (χ1v) is 12.6. The highest BCUT2D eigenvalue weighted by molar-refractivity contribution is 7.99. The number of hydrogen-bond donors (Lipinski definition) is 1. The highest BCUT2D eigenvalue weighted by Crippen LogP contribution is 2.30. The maximum atomic E-state index is 12.7. The smallest absolute Gasteiger partial charge is 0.255 e. The topological polar surface area (TPSA) is 79.0 Å². The number of amides is 2. The first-order valence-electron chi connectivity index (χ1n) is 11.6.